The molecule has 0 radical (unpaired) electrons. The van der Waals surface area contributed by atoms with Gasteiger partial charge in [0.1, 0.15) is 5.82 Å². The lowest BCUT2D eigenvalue weighted by Crippen LogP contribution is -2.02. The summed E-state index contributed by atoms with van der Waals surface area (Å²) >= 11 is 0. The van der Waals surface area contributed by atoms with Crippen LogP contribution in [0.3, 0.4) is 0 Å². The summed E-state index contributed by atoms with van der Waals surface area (Å²) in [4.78, 5) is 0. The van der Waals surface area contributed by atoms with Crippen molar-refractivity contribution in [2.45, 2.75) is 20.5 Å². The molecule has 0 aliphatic heterocycles. The Morgan fingerprint density at radius 1 is 1.40 bits per heavy atom. The highest BCUT2D eigenvalue weighted by Crippen LogP contribution is 2.10. The van der Waals surface area contributed by atoms with Gasteiger partial charge in [-0.3, -0.25) is 0 Å². The van der Waals surface area contributed by atoms with Crippen LogP contribution in [0.15, 0.2) is 18.2 Å². The van der Waals surface area contributed by atoms with E-state index in [-0.39, 0.29) is 0 Å². The van der Waals surface area contributed by atoms with E-state index in [9.17, 15) is 4.39 Å². The first-order valence-corrected chi connectivity index (χ1v) is 4.89. The second-order valence-corrected chi connectivity index (χ2v) is 3.87. The Morgan fingerprint density at radius 3 is 2.73 bits per heavy atom. The molecule has 1 aromatic rings. The van der Waals surface area contributed by atoms with Gasteiger partial charge in [-0.25, -0.2) is 4.39 Å². The van der Waals surface area contributed by atoms with Crippen LogP contribution in [0, 0.1) is 23.1 Å². The van der Waals surface area contributed by atoms with Crippen LogP contribution >= 0.6 is 0 Å². The molecule has 0 fully saturated rings. The largest absolute Gasteiger partial charge is 0.377 e. The van der Waals surface area contributed by atoms with Crippen molar-refractivity contribution >= 4 is 0 Å². The van der Waals surface area contributed by atoms with Crippen LogP contribution in [0.5, 0.6) is 0 Å². The third-order valence-corrected chi connectivity index (χ3v) is 1.81. The number of ether oxygens (including phenoxy) is 1. The lowest BCUT2D eigenvalue weighted by atomic mass is 10.1. The molecule has 0 bridgehead atoms. The first-order chi connectivity index (χ1) is 7.11. The highest BCUT2D eigenvalue weighted by Gasteiger charge is 2.01. The van der Waals surface area contributed by atoms with E-state index in [0.717, 1.165) is 0 Å². The summed E-state index contributed by atoms with van der Waals surface area (Å²) in [5, 5.41) is 8.64. The van der Waals surface area contributed by atoms with Gasteiger partial charge in [0.2, 0.25) is 0 Å². The quantitative estimate of drug-likeness (QED) is 0.760. The highest BCUT2D eigenvalue weighted by atomic mass is 19.1. The zero-order valence-electron chi connectivity index (χ0n) is 8.96. The minimum absolute atomic E-state index is 0.332. The van der Waals surface area contributed by atoms with Gasteiger partial charge in [-0.1, -0.05) is 13.8 Å². The Labute approximate surface area is 89.3 Å². The Balaban J connectivity index is 2.61. The summed E-state index contributed by atoms with van der Waals surface area (Å²) in [7, 11) is 0. The topological polar surface area (TPSA) is 33.0 Å². The molecule has 0 aliphatic carbocycles. The molecule has 0 aliphatic rings. The molecule has 1 rings (SSSR count). The average Bonchev–Trinajstić information content (AvgIpc) is 2.16. The molecule has 15 heavy (non-hydrogen) atoms. The summed E-state index contributed by atoms with van der Waals surface area (Å²) in [6, 6.07) is 6.16. The number of benzene rings is 1. The van der Waals surface area contributed by atoms with E-state index in [1.165, 1.54) is 12.1 Å². The predicted octanol–water partition coefficient (Wildman–Crippen LogP) is 2.87. The van der Waals surface area contributed by atoms with Gasteiger partial charge in [-0.05, 0) is 29.7 Å². The van der Waals surface area contributed by atoms with Crippen LogP contribution in [0.4, 0.5) is 4.39 Å². The number of hydrogen-bond acceptors (Lipinski definition) is 2. The fourth-order valence-corrected chi connectivity index (χ4v) is 1.21. The minimum Gasteiger partial charge on any atom is -0.377 e. The monoisotopic (exact) mass is 207 g/mol. The fraction of sp³-hybridized carbons (Fsp3) is 0.417. The van der Waals surface area contributed by atoms with Gasteiger partial charge in [0, 0.05) is 6.61 Å². The van der Waals surface area contributed by atoms with Crippen LogP contribution in [-0.2, 0) is 11.3 Å². The molecule has 0 amide bonds. The summed E-state index contributed by atoms with van der Waals surface area (Å²) in [6.45, 7) is 5.08. The maximum Gasteiger partial charge on any atom is 0.124 e. The van der Waals surface area contributed by atoms with Crippen molar-refractivity contribution < 1.29 is 9.13 Å². The number of hydrogen-bond donors (Lipinski definition) is 0. The SMILES string of the molecule is CC(C)COCc1cc(F)cc(C#N)c1. The van der Waals surface area contributed by atoms with E-state index < -0.39 is 5.82 Å². The first-order valence-electron chi connectivity index (χ1n) is 4.89. The number of nitriles is 1. The molecule has 0 spiro atoms. The minimum atomic E-state index is -0.391. The lowest BCUT2D eigenvalue weighted by Gasteiger charge is -2.07. The average molecular weight is 207 g/mol. The van der Waals surface area contributed by atoms with Crippen molar-refractivity contribution in [3.8, 4) is 6.07 Å². The van der Waals surface area contributed by atoms with Gasteiger partial charge >= 0.3 is 0 Å². The van der Waals surface area contributed by atoms with Crippen LogP contribution in [0.1, 0.15) is 25.0 Å². The van der Waals surface area contributed by atoms with Crippen LogP contribution in [0.2, 0.25) is 0 Å². The molecule has 1 aromatic carbocycles. The summed E-state index contributed by atoms with van der Waals surface area (Å²) in [6.07, 6.45) is 0. The van der Waals surface area contributed by atoms with Crippen molar-refractivity contribution in [2.75, 3.05) is 6.61 Å². The Kier molecular flexibility index (Phi) is 4.26. The Hall–Kier alpha value is -1.40. The van der Waals surface area contributed by atoms with Gasteiger partial charge in [-0.2, -0.15) is 5.26 Å². The van der Waals surface area contributed by atoms with E-state index in [4.69, 9.17) is 10.00 Å². The number of halogens is 1. The molecule has 2 nitrogen and oxygen atoms in total. The molecular weight excluding hydrogens is 193 g/mol. The zero-order valence-corrected chi connectivity index (χ0v) is 8.96. The van der Waals surface area contributed by atoms with E-state index >= 15 is 0 Å². The van der Waals surface area contributed by atoms with Gasteiger partial charge in [0.15, 0.2) is 0 Å². The maximum absolute atomic E-state index is 13.0. The smallest absolute Gasteiger partial charge is 0.124 e. The van der Waals surface area contributed by atoms with Crippen molar-refractivity contribution in [3.63, 3.8) is 0 Å². The maximum atomic E-state index is 13.0. The molecule has 0 heterocycles. The lowest BCUT2D eigenvalue weighted by molar-refractivity contribution is 0.0969. The van der Waals surface area contributed by atoms with Crippen molar-refractivity contribution in [2.24, 2.45) is 5.92 Å². The molecule has 0 atom stereocenters. The van der Waals surface area contributed by atoms with Crippen LogP contribution in [0.25, 0.3) is 0 Å². The van der Waals surface area contributed by atoms with E-state index in [1.807, 2.05) is 19.9 Å². The van der Waals surface area contributed by atoms with Gasteiger partial charge in [0.25, 0.3) is 0 Å². The first kappa shape index (κ1) is 11.7. The van der Waals surface area contributed by atoms with Crippen molar-refractivity contribution in [1.29, 1.82) is 5.26 Å². The van der Waals surface area contributed by atoms with Crippen molar-refractivity contribution in [3.05, 3.63) is 35.1 Å². The van der Waals surface area contributed by atoms with E-state index in [2.05, 4.69) is 0 Å². The van der Waals surface area contributed by atoms with Gasteiger partial charge in [0.05, 0.1) is 18.2 Å². The second kappa shape index (κ2) is 5.47. The normalized spacial score (nSPS) is 10.3. The fourth-order valence-electron chi connectivity index (χ4n) is 1.21. The standard InChI is InChI=1S/C12H14FNO/c1-9(2)7-15-8-11-3-10(6-14)4-12(13)5-11/h3-5,9H,7-8H2,1-2H3. The number of rotatable bonds is 4. The predicted molar refractivity (Wildman–Crippen MR) is 55.6 cm³/mol. The van der Waals surface area contributed by atoms with Crippen LogP contribution < -0.4 is 0 Å². The Morgan fingerprint density at radius 2 is 2.13 bits per heavy atom. The molecule has 0 N–H and O–H groups in total. The van der Waals surface area contributed by atoms with Crippen molar-refractivity contribution in [1.82, 2.24) is 0 Å². The third-order valence-electron chi connectivity index (χ3n) is 1.81. The van der Waals surface area contributed by atoms with Gasteiger partial charge in [-0.15, -0.1) is 0 Å². The summed E-state index contributed by atoms with van der Waals surface area (Å²) in [5.41, 5.74) is 1.03. The second-order valence-electron chi connectivity index (χ2n) is 3.87. The van der Waals surface area contributed by atoms with E-state index in [1.54, 1.807) is 6.07 Å². The van der Waals surface area contributed by atoms with E-state index in [0.29, 0.717) is 30.3 Å². The summed E-state index contributed by atoms with van der Waals surface area (Å²) < 4.78 is 18.4. The molecule has 80 valence electrons. The molecule has 0 saturated carbocycles. The highest BCUT2D eigenvalue weighted by molar-refractivity contribution is 5.33. The summed E-state index contributed by atoms with van der Waals surface area (Å²) in [5.74, 6) is 0.0613. The number of nitrogens with zero attached hydrogens (tertiary/aromatic N) is 1. The molecular formula is C12H14FNO. The Bertz CT molecular complexity index is 368. The van der Waals surface area contributed by atoms with Crippen LogP contribution in [-0.4, -0.2) is 6.61 Å². The van der Waals surface area contributed by atoms with Gasteiger partial charge < -0.3 is 4.74 Å². The molecule has 0 saturated heterocycles. The molecule has 3 heteroatoms. The third kappa shape index (κ3) is 4.09. The molecule has 0 aromatic heterocycles. The zero-order chi connectivity index (χ0) is 11.3. The molecule has 0 unspecified atom stereocenters.